The van der Waals surface area contributed by atoms with Crippen molar-refractivity contribution < 1.29 is 81.5 Å². The third kappa shape index (κ3) is 16.5. The second-order valence-corrected chi connectivity index (χ2v) is 22.5. The smallest absolute Gasteiger partial charge is 0.407 e. The van der Waals surface area contributed by atoms with Crippen LogP contribution in [0.2, 0.25) is 0 Å². The molecule has 88 heavy (non-hydrogen) atoms. The van der Waals surface area contributed by atoms with Crippen LogP contribution in [0.4, 0.5) is 19.7 Å². The van der Waals surface area contributed by atoms with E-state index in [2.05, 4.69) is 26.6 Å². The molecular weight excluding hydrogens is 1150 g/mol. The lowest BCUT2D eigenvalue weighted by molar-refractivity contribution is -0.172. The van der Waals surface area contributed by atoms with E-state index in [1.54, 1.807) is 45.9 Å². The van der Waals surface area contributed by atoms with Crippen LogP contribution in [0.1, 0.15) is 130 Å². The number of carboxylic acid groups (broad SMARTS) is 1. The molecule has 0 saturated heterocycles. The number of amides is 6. The maximum absolute atomic E-state index is 15.4. The summed E-state index contributed by atoms with van der Waals surface area (Å²) in [5, 5.41) is 34.7. The highest BCUT2D eigenvalue weighted by Gasteiger charge is 2.46. The fourth-order valence-corrected chi connectivity index (χ4v) is 11.2. The van der Waals surface area contributed by atoms with Gasteiger partial charge in [0.2, 0.25) is 17.7 Å². The number of rotatable bonds is 33. The third-order valence-corrected chi connectivity index (χ3v) is 16.0. The number of hydrogen-bond acceptors (Lipinski definition) is 18. The summed E-state index contributed by atoms with van der Waals surface area (Å²) in [6.45, 7) is 5.82. The van der Waals surface area contributed by atoms with E-state index in [0.29, 0.717) is 63.1 Å². The van der Waals surface area contributed by atoms with Gasteiger partial charge in [-0.05, 0) is 91.8 Å². The lowest BCUT2D eigenvalue weighted by Gasteiger charge is -2.31. The van der Waals surface area contributed by atoms with Crippen molar-refractivity contribution in [3.63, 3.8) is 0 Å². The first-order chi connectivity index (χ1) is 41.9. The fourth-order valence-electron chi connectivity index (χ4n) is 11.2. The highest BCUT2D eigenvalue weighted by atomic mass is 19.1. The van der Waals surface area contributed by atoms with Crippen LogP contribution in [0, 0.1) is 30.5 Å². The predicted octanol–water partition coefficient (Wildman–Crippen LogP) is 3.44. The molecular formula is C61H76FN9O17. The average Bonchev–Trinajstić information content (AvgIpc) is 1.47. The molecule has 0 radical (unpaired) electrons. The number of anilines is 1. The number of urea groups is 1. The van der Waals surface area contributed by atoms with Crippen LogP contribution in [-0.4, -0.2) is 131 Å². The van der Waals surface area contributed by atoms with E-state index in [1.807, 2.05) is 0 Å². The Morgan fingerprint density at radius 3 is 2.31 bits per heavy atom. The van der Waals surface area contributed by atoms with Crippen molar-refractivity contribution in [2.45, 2.75) is 136 Å². The first-order valence-electron chi connectivity index (χ1n) is 29.3. The number of ketones is 3. The molecule has 1 aliphatic carbocycles. The SMILES string of the molecule is CC[C@@]1(O)C(=O)OCc2c1cc1n(c2=O)Cc2c-1nc1cc(F)c(C)c3c1c2[C@@H](NC(=O)COCCC(=O)CNC(=O)OCc1ccc(NC(=O)[C@H](CCCNC(N)=O)CC(=O)[C@@H](NC(=O)C(CCC(=O)O)CC(=O)CCOCCN)C(C)C)cc1)CC3. The van der Waals surface area contributed by atoms with Gasteiger partial charge in [-0.1, -0.05) is 32.9 Å². The Morgan fingerprint density at radius 2 is 1.61 bits per heavy atom. The van der Waals surface area contributed by atoms with Gasteiger partial charge in [0.15, 0.2) is 17.2 Å². The molecule has 6 amide bonds. The number of aromatic nitrogens is 2. The molecule has 2 aromatic carbocycles. The molecule has 4 aromatic rings. The van der Waals surface area contributed by atoms with Gasteiger partial charge in [-0.2, -0.15) is 0 Å². The number of benzene rings is 2. The van der Waals surface area contributed by atoms with E-state index in [1.165, 1.54) is 22.8 Å². The topological polar surface area (TPSA) is 395 Å². The van der Waals surface area contributed by atoms with Gasteiger partial charge in [0, 0.05) is 85.3 Å². The molecule has 11 N–H and O–H groups in total. The molecule has 3 aliphatic rings. The third-order valence-electron chi connectivity index (χ3n) is 16.0. The largest absolute Gasteiger partial charge is 0.481 e. The minimum atomic E-state index is -2.06. The van der Waals surface area contributed by atoms with Gasteiger partial charge in [-0.3, -0.25) is 38.4 Å². The quantitative estimate of drug-likeness (QED) is 0.0214. The molecule has 0 saturated carbocycles. The van der Waals surface area contributed by atoms with Crippen LogP contribution in [0.25, 0.3) is 22.3 Å². The second-order valence-electron chi connectivity index (χ2n) is 22.5. The Hall–Kier alpha value is -8.53. The molecule has 1 unspecified atom stereocenters. The standard InChI is InChI=1S/C61H76FN9O17/c1-5-61(84)43-25-47-54-41(28-71(47)57(80)42(43)30-87-58(61)81)52-45(14-13-40-33(4)44(62)26-46(69-54)51(40)52)68-49(75)31-86-21-17-39(73)27-66-60(83)88-29-34-8-11-37(12-9-34)67-55(78)35(7-6-19-65-59(64)82)24-48(74)53(32(2)3)70-56(79)36(10-15-50(76)77)23-38(72)16-20-85-22-18-63/h8-9,11-12,25-26,32,35-36,45,53,84H,5-7,10,13-24,27-31,63H2,1-4H3,(H,66,83)(H,67,78)(H,68,75)(H,70,79)(H,76,77)(H3,64,65,82)/t35-,36?,45+,53+,61+/m1/s1. The number of carbonyl (C=O) groups excluding carboxylic acids is 9. The number of ether oxygens (including phenoxy) is 4. The zero-order chi connectivity index (χ0) is 64.0. The normalized spacial score (nSPS) is 16.5. The Bertz CT molecular complexity index is 3410. The van der Waals surface area contributed by atoms with Gasteiger partial charge in [0.25, 0.3) is 5.56 Å². The van der Waals surface area contributed by atoms with Crippen molar-refractivity contribution in [2.24, 2.45) is 29.2 Å². The number of aliphatic hydroxyl groups is 1. The molecule has 0 spiro atoms. The summed E-state index contributed by atoms with van der Waals surface area (Å²) in [6.07, 6.45) is -1.15. The Kier molecular flexibility index (Phi) is 23.1. The van der Waals surface area contributed by atoms with Crippen LogP contribution in [-0.2, 0) is 89.1 Å². The van der Waals surface area contributed by atoms with Crippen molar-refractivity contribution in [2.75, 3.05) is 51.4 Å². The summed E-state index contributed by atoms with van der Waals surface area (Å²) in [5.41, 5.74) is 12.6. The number of carboxylic acids is 1. The van der Waals surface area contributed by atoms with Gasteiger partial charge in [0.1, 0.15) is 31.4 Å². The van der Waals surface area contributed by atoms with E-state index in [0.717, 1.165) is 5.56 Å². The van der Waals surface area contributed by atoms with Crippen LogP contribution in [0.3, 0.4) is 0 Å². The number of cyclic esters (lactones) is 1. The van der Waals surface area contributed by atoms with Crippen LogP contribution in [0.15, 0.2) is 41.2 Å². The summed E-state index contributed by atoms with van der Waals surface area (Å²) < 4.78 is 38.2. The fraction of sp³-hybridized carbons (Fsp3) is 0.508. The van der Waals surface area contributed by atoms with Crippen molar-refractivity contribution in [3.8, 4) is 11.4 Å². The summed E-state index contributed by atoms with van der Waals surface area (Å²) in [6, 6.07) is 6.60. The summed E-state index contributed by atoms with van der Waals surface area (Å²) in [4.78, 5) is 147. The van der Waals surface area contributed by atoms with E-state index < -0.39 is 120 Å². The van der Waals surface area contributed by atoms with Gasteiger partial charge in [-0.15, -0.1) is 0 Å². The zero-order valence-electron chi connectivity index (χ0n) is 49.6. The Morgan fingerprint density at radius 1 is 0.898 bits per heavy atom. The number of carbonyl (C=O) groups is 10. The molecule has 26 nitrogen and oxygen atoms in total. The number of Topliss-reactive ketones (excluding diaryl/α,β-unsaturated/α-hetero) is 3. The molecule has 0 fully saturated rings. The number of alkyl carbamates (subject to hydrolysis) is 1. The lowest BCUT2D eigenvalue weighted by atomic mass is 9.81. The number of fused-ring (bicyclic) bond motifs is 5. The van der Waals surface area contributed by atoms with Gasteiger partial charge < -0.3 is 71.8 Å². The van der Waals surface area contributed by atoms with E-state index in [-0.39, 0.29) is 121 Å². The van der Waals surface area contributed by atoms with Crippen molar-refractivity contribution in [1.82, 2.24) is 30.8 Å². The van der Waals surface area contributed by atoms with Crippen LogP contribution >= 0.6 is 0 Å². The highest BCUT2D eigenvalue weighted by molar-refractivity contribution is 5.98. The minimum absolute atomic E-state index is 0.0197. The summed E-state index contributed by atoms with van der Waals surface area (Å²) in [5.74, 6) is -7.99. The summed E-state index contributed by atoms with van der Waals surface area (Å²) >= 11 is 0. The van der Waals surface area contributed by atoms with Gasteiger partial charge in [-0.25, -0.2) is 23.8 Å². The number of nitrogens with zero attached hydrogens (tertiary/aromatic N) is 2. The zero-order valence-corrected chi connectivity index (χ0v) is 49.6. The maximum Gasteiger partial charge on any atom is 0.407 e. The minimum Gasteiger partial charge on any atom is -0.481 e. The summed E-state index contributed by atoms with van der Waals surface area (Å²) in [7, 11) is 0. The molecule has 474 valence electrons. The molecule has 0 bridgehead atoms. The number of primary amides is 1. The Balaban J connectivity index is 0.874. The number of aryl methyl sites for hydroxylation is 1. The molecule has 27 heteroatoms. The average molecular weight is 1230 g/mol. The van der Waals surface area contributed by atoms with Crippen LogP contribution < -0.4 is 43.6 Å². The molecule has 2 aromatic heterocycles. The van der Waals surface area contributed by atoms with E-state index in [9.17, 15) is 63.0 Å². The number of halogens is 1. The molecule has 5 atom stereocenters. The van der Waals surface area contributed by atoms with Crippen molar-refractivity contribution in [3.05, 3.63) is 91.5 Å². The van der Waals surface area contributed by atoms with Gasteiger partial charge in [0.05, 0.1) is 67.5 Å². The number of aliphatic carboxylic acids is 1. The first kappa shape index (κ1) is 67.0. The number of nitrogens with one attached hydrogen (secondary N) is 5. The van der Waals surface area contributed by atoms with Crippen molar-refractivity contribution >= 4 is 75.7 Å². The number of esters is 1. The number of nitrogens with two attached hydrogens (primary N) is 2. The van der Waals surface area contributed by atoms with E-state index >= 15 is 4.39 Å². The van der Waals surface area contributed by atoms with E-state index in [4.69, 9.17) is 35.4 Å². The maximum atomic E-state index is 15.4. The predicted molar refractivity (Wildman–Crippen MR) is 313 cm³/mol. The number of hydrogen-bond donors (Lipinski definition) is 9. The van der Waals surface area contributed by atoms with Crippen LogP contribution in [0.5, 0.6) is 0 Å². The molecule has 4 heterocycles. The van der Waals surface area contributed by atoms with Crippen molar-refractivity contribution in [1.29, 1.82) is 0 Å². The highest BCUT2D eigenvalue weighted by Crippen LogP contribution is 2.46. The lowest BCUT2D eigenvalue weighted by Crippen LogP contribution is -2.48. The molecule has 7 rings (SSSR count). The molecule has 2 aliphatic heterocycles. The second kappa shape index (κ2) is 30.4. The van der Waals surface area contributed by atoms with Gasteiger partial charge >= 0.3 is 24.1 Å². The first-order valence-corrected chi connectivity index (χ1v) is 29.3. The Labute approximate surface area is 505 Å². The monoisotopic (exact) mass is 1230 g/mol. The number of pyridine rings is 2.